The number of amides is 1. The molecule has 0 spiro atoms. The highest BCUT2D eigenvalue weighted by molar-refractivity contribution is 5.74. The Labute approximate surface area is 133 Å². The number of hydrogen-bond donors (Lipinski definition) is 0. The summed E-state index contributed by atoms with van der Waals surface area (Å²) < 4.78 is 1.89. The zero-order valence-corrected chi connectivity index (χ0v) is 12.8. The topological polar surface area (TPSA) is 76.3 Å². The smallest absolute Gasteiger partial charge is 0.234 e. The van der Waals surface area contributed by atoms with Gasteiger partial charge >= 0.3 is 0 Å². The first kappa shape index (κ1) is 13.8. The molecule has 1 aliphatic rings. The lowest BCUT2D eigenvalue weighted by atomic mass is 10.1. The van der Waals surface area contributed by atoms with E-state index in [1.807, 2.05) is 21.6 Å². The fourth-order valence-electron chi connectivity index (χ4n) is 3.22. The first-order valence-electron chi connectivity index (χ1n) is 7.62. The van der Waals surface area contributed by atoms with Crippen LogP contribution < -0.4 is 0 Å². The lowest BCUT2D eigenvalue weighted by Crippen LogP contribution is -2.29. The van der Waals surface area contributed by atoms with Crippen molar-refractivity contribution < 1.29 is 4.79 Å². The van der Waals surface area contributed by atoms with E-state index in [-0.39, 0.29) is 11.9 Å². The molecule has 0 aliphatic carbocycles. The van der Waals surface area contributed by atoms with Gasteiger partial charge in [-0.15, -0.1) is 0 Å². The van der Waals surface area contributed by atoms with Crippen LogP contribution in [0.4, 0.5) is 0 Å². The monoisotopic (exact) mass is 308 g/mol. The van der Waals surface area contributed by atoms with Crippen molar-refractivity contribution >= 4 is 11.7 Å². The Balaban J connectivity index is 1.86. The summed E-state index contributed by atoms with van der Waals surface area (Å²) in [6.07, 6.45) is 10.6. The van der Waals surface area contributed by atoms with Crippen LogP contribution in [-0.4, -0.2) is 41.7 Å². The maximum atomic E-state index is 11.9. The van der Waals surface area contributed by atoms with Crippen molar-refractivity contribution in [1.29, 1.82) is 0 Å². The largest absolute Gasteiger partial charge is 0.334 e. The van der Waals surface area contributed by atoms with Crippen molar-refractivity contribution in [1.82, 2.24) is 29.2 Å². The molecule has 3 aromatic rings. The third kappa shape index (κ3) is 2.25. The lowest BCUT2D eigenvalue weighted by molar-refractivity contribution is -0.129. The fourth-order valence-corrected chi connectivity index (χ4v) is 3.22. The van der Waals surface area contributed by atoms with E-state index in [2.05, 4.69) is 19.9 Å². The number of carbonyl (C=O) groups excluding carboxylic acids is 1. The Hall–Kier alpha value is -2.83. The molecule has 0 unspecified atom stereocenters. The van der Waals surface area contributed by atoms with Gasteiger partial charge in [0.25, 0.3) is 0 Å². The molecular weight excluding hydrogens is 292 g/mol. The summed E-state index contributed by atoms with van der Waals surface area (Å²) in [6.45, 7) is 2.37. The van der Waals surface area contributed by atoms with Gasteiger partial charge in [-0.1, -0.05) is 0 Å². The van der Waals surface area contributed by atoms with Crippen LogP contribution in [0.2, 0.25) is 0 Å². The Morgan fingerprint density at radius 1 is 1.17 bits per heavy atom. The van der Waals surface area contributed by atoms with Gasteiger partial charge in [-0.2, -0.15) is 0 Å². The van der Waals surface area contributed by atoms with Gasteiger partial charge in [-0.3, -0.25) is 19.2 Å². The minimum Gasteiger partial charge on any atom is -0.334 e. The van der Waals surface area contributed by atoms with Gasteiger partial charge in [-0.25, -0.2) is 9.97 Å². The first-order chi connectivity index (χ1) is 11.3. The Morgan fingerprint density at radius 3 is 2.91 bits per heavy atom. The van der Waals surface area contributed by atoms with Crippen molar-refractivity contribution in [2.24, 2.45) is 0 Å². The molecule has 0 bridgehead atoms. The molecule has 3 aromatic heterocycles. The zero-order valence-electron chi connectivity index (χ0n) is 12.8. The number of carbonyl (C=O) groups is 1. The summed E-state index contributed by atoms with van der Waals surface area (Å²) in [5.41, 5.74) is 2.42. The molecule has 4 rings (SSSR count). The van der Waals surface area contributed by atoms with E-state index in [1.54, 1.807) is 31.7 Å². The first-order valence-corrected chi connectivity index (χ1v) is 7.62. The molecule has 1 saturated heterocycles. The van der Waals surface area contributed by atoms with E-state index in [4.69, 9.17) is 0 Å². The van der Waals surface area contributed by atoms with E-state index < -0.39 is 0 Å². The second-order valence-electron chi connectivity index (χ2n) is 5.59. The average Bonchev–Trinajstić information content (AvgIpc) is 3.22. The summed E-state index contributed by atoms with van der Waals surface area (Å²) in [5, 5.41) is 0. The summed E-state index contributed by atoms with van der Waals surface area (Å²) in [6, 6.07) is 1.82. The highest BCUT2D eigenvalue weighted by Crippen LogP contribution is 2.35. The number of rotatable bonds is 2. The SMILES string of the molecule is CC(=O)N1CCC[C@@H]1c1nccnc1-c1cnc2ncccn12. The number of nitrogens with zero attached hydrogens (tertiary/aromatic N) is 6. The van der Waals surface area contributed by atoms with Crippen molar-refractivity contribution in [3.8, 4) is 11.4 Å². The Bertz CT molecular complexity index is 874. The third-order valence-electron chi connectivity index (χ3n) is 4.23. The summed E-state index contributed by atoms with van der Waals surface area (Å²) in [4.78, 5) is 31.4. The number of hydrogen-bond acceptors (Lipinski definition) is 5. The quantitative estimate of drug-likeness (QED) is 0.722. The predicted molar refractivity (Wildman–Crippen MR) is 83.4 cm³/mol. The van der Waals surface area contributed by atoms with Crippen LogP contribution in [0.5, 0.6) is 0 Å². The minimum atomic E-state index is -0.0292. The molecule has 116 valence electrons. The maximum Gasteiger partial charge on any atom is 0.234 e. The van der Waals surface area contributed by atoms with Gasteiger partial charge in [0, 0.05) is 38.3 Å². The molecule has 1 amide bonds. The second kappa shape index (κ2) is 5.42. The Morgan fingerprint density at radius 2 is 2.04 bits per heavy atom. The molecule has 1 atom stereocenters. The number of likely N-dealkylation sites (tertiary alicyclic amines) is 1. The average molecular weight is 308 g/mol. The van der Waals surface area contributed by atoms with Crippen molar-refractivity contribution in [3.05, 3.63) is 42.7 Å². The van der Waals surface area contributed by atoms with Gasteiger partial charge in [0.05, 0.1) is 23.6 Å². The van der Waals surface area contributed by atoms with Gasteiger partial charge < -0.3 is 4.90 Å². The fraction of sp³-hybridized carbons (Fsp3) is 0.312. The second-order valence-corrected chi connectivity index (χ2v) is 5.59. The third-order valence-corrected chi connectivity index (χ3v) is 4.23. The van der Waals surface area contributed by atoms with Crippen LogP contribution in [0.25, 0.3) is 17.2 Å². The summed E-state index contributed by atoms with van der Waals surface area (Å²) >= 11 is 0. The van der Waals surface area contributed by atoms with Crippen molar-refractivity contribution in [3.63, 3.8) is 0 Å². The molecule has 0 radical (unpaired) electrons. The molecule has 0 saturated carbocycles. The van der Waals surface area contributed by atoms with E-state index in [9.17, 15) is 4.79 Å². The molecule has 23 heavy (non-hydrogen) atoms. The van der Waals surface area contributed by atoms with E-state index >= 15 is 0 Å². The molecular formula is C16H16N6O. The van der Waals surface area contributed by atoms with Gasteiger partial charge in [0.2, 0.25) is 11.7 Å². The standard InChI is InChI=1S/C16H16N6O/c1-11(23)21-8-2-4-12(21)14-15(18-7-6-17-14)13-10-20-16-19-5-3-9-22(13)16/h3,5-7,9-10,12H,2,4,8H2,1H3/t12-/m1/s1. The molecule has 1 aliphatic heterocycles. The molecule has 1 fully saturated rings. The van der Waals surface area contributed by atoms with Crippen LogP contribution in [0.15, 0.2) is 37.1 Å². The van der Waals surface area contributed by atoms with Crippen molar-refractivity contribution in [2.45, 2.75) is 25.8 Å². The number of fused-ring (bicyclic) bond motifs is 1. The lowest BCUT2D eigenvalue weighted by Gasteiger charge is -2.24. The van der Waals surface area contributed by atoms with E-state index in [0.29, 0.717) is 5.78 Å². The highest BCUT2D eigenvalue weighted by atomic mass is 16.2. The maximum absolute atomic E-state index is 11.9. The van der Waals surface area contributed by atoms with E-state index in [1.165, 1.54) is 0 Å². The normalized spacial score (nSPS) is 17.8. The minimum absolute atomic E-state index is 0.0292. The van der Waals surface area contributed by atoms with Crippen molar-refractivity contribution in [2.75, 3.05) is 6.54 Å². The number of imidazole rings is 1. The predicted octanol–water partition coefficient (Wildman–Crippen LogP) is 1.87. The molecule has 4 heterocycles. The molecule has 0 N–H and O–H groups in total. The zero-order chi connectivity index (χ0) is 15.8. The molecule has 0 aromatic carbocycles. The van der Waals surface area contributed by atoms with Crippen LogP contribution in [0, 0.1) is 0 Å². The van der Waals surface area contributed by atoms with Gasteiger partial charge in [0.15, 0.2) is 0 Å². The Kier molecular flexibility index (Phi) is 3.25. The summed E-state index contributed by atoms with van der Waals surface area (Å²) in [5.74, 6) is 0.692. The van der Waals surface area contributed by atoms with Crippen LogP contribution >= 0.6 is 0 Å². The molecule has 7 heteroatoms. The highest BCUT2D eigenvalue weighted by Gasteiger charge is 2.31. The summed E-state index contributed by atoms with van der Waals surface area (Å²) in [7, 11) is 0. The van der Waals surface area contributed by atoms with Crippen LogP contribution in [0.1, 0.15) is 31.5 Å². The van der Waals surface area contributed by atoms with Crippen LogP contribution in [0.3, 0.4) is 0 Å². The molecule has 7 nitrogen and oxygen atoms in total. The van der Waals surface area contributed by atoms with Crippen LogP contribution in [-0.2, 0) is 4.79 Å². The van der Waals surface area contributed by atoms with Gasteiger partial charge in [0.1, 0.15) is 5.69 Å². The number of aromatic nitrogens is 5. The van der Waals surface area contributed by atoms with E-state index in [0.717, 1.165) is 36.5 Å². The van der Waals surface area contributed by atoms with Gasteiger partial charge in [-0.05, 0) is 18.9 Å².